The summed E-state index contributed by atoms with van der Waals surface area (Å²) in [4.78, 5) is 18.9. The van der Waals surface area contributed by atoms with Gasteiger partial charge >= 0.3 is 0 Å². The van der Waals surface area contributed by atoms with Crippen molar-refractivity contribution in [3.63, 3.8) is 0 Å². The van der Waals surface area contributed by atoms with Crippen molar-refractivity contribution in [2.45, 2.75) is 116 Å². The third-order valence-corrected chi connectivity index (χ3v) is 8.17. The number of pyridine rings is 1. The van der Waals surface area contributed by atoms with E-state index in [1.54, 1.807) is 0 Å². The summed E-state index contributed by atoms with van der Waals surface area (Å²) in [6, 6.07) is 9.28. The number of aromatic amines is 1. The van der Waals surface area contributed by atoms with Crippen molar-refractivity contribution in [1.82, 2.24) is 30.1 Å². The van der Waals surface area contributed by atoms with Crippen molar-refractivity contribution in [2.75, 3.05) is 0 Å². The van der Waals surface area contributed by atoms with Crippen molar-refractivity contribution in [2.24, 2.45) is 0 Å². The molecule has 0 amide bonds. The van der Waals surface area contributed by atoms with E-state index in [0.717, 1.165) is 48.0 Å². The van der Waals surface area contributed by atoms with Gasteiger partial charge in [0.25, 0.3) is 5.56 Å². The maximum atomic E-state index is 13.2. The van der Waals surface area contributed by atoms with Crippen LogP contribution < -0.4 is 5.56 Å². The molecule has 1 aromatic carbocycles. The van der Waals surface area contributed by atoms with E-state index < -0.39 is 0 Å². The third kappa shape index (κ3) is 5.35. The second kappa shape index (κ2) is 11.0. The van der Waals surface area contributed by atoms with E-state index in [1.807, 2.05) is 6.07 Å². The minimum Gasteiger partial charge on any atom is -0.322 e. The van der Waals surface area contributed by atoms with Gasteiger partial charge in [0.1, 0.15) is 0 Å². The van der Waals surface area contributed by atoms with E-state index in [4.69, 9.17) is 0 Å². The van der Waals surface area contributed by atoms with Gasteiger partial charge in [0.05, 0.1) is 12.1 Å². The summed E-state index contributed by atoms with van der Waals surface area (Å²) in [5.74, 6) is 0.998. The van der Waals surface area contributed by atoms with Crippen LogP contribution >= 0.6 is 0 Å². The fourth-order valence-corrected chi connectivity index (χ4v) is 6.31. The van der Waals surface area contributed by atoms with Gasteiger partial charge in [-0.1, -0.05) is 63.5 Å². The number of nitrogens with one attached hydrogen (secondary N) is 1. The molecule has 0 unspecified atom stereocenters. The van der Waals surface area contributed by atoms with Crippen molar-refractivity contribution in [3.8, 4) is 0 Å². The molecule has 2 aromatic heterocycles. The highest BCUT2D eigenvalue weighted by atomic mass is 16.1. The minimum atomic E-state index is 0.0179. The summed E-state index contributed by atoms with van der Waals surface area (Å²) in [5.41, 5.74) is 2.96. The molecular formula is C28H40N6O. The van der Waals surface area contributed by atoms with Gasteiger partial charge in [-0.15, -0.1) is 5.10 Å². The summed E-state index contributed by atoms with van der Waals surface area (Å²) < 4.78 is 2.14. The number of aromatic nitrogens is 5. The molecule has 2 heterocycles. The van der Waals surface area contributed by atoms with E-state index in [0.29, 0.717) is 18.6 Å². The van der Waals surface area contributed by atoms with Crippen LogP contribution in [0.15, 0.2) is 29.1 Å². The number of tetrazole rings is 1. The second-order valence-corrected chi connectivity index (χ2v) is 10.8. The Hall–Kier alpha value is -2.54. The Balaban J connectivity index is 1.53. The number of hydrogen-bond donors (Lipinski definition) is 1. The van der Waals surface area contributed by atoms with Crippen LogP contribution in [0.5, 0.6) is 0 Å². The van der Waals surface area contributed by atoms with Crippen molar-refractivity contribution in [1.29, 1.82) is 0 Å². The number of hydrogen-bond acceptors (Lipinski definition) is 5. The zero-order valence-corrected chi connectivity index (χ0v) is 21.4. The van der Waals surface area contributed by atoms with E-state index >= 15 is 0 Å². The molecule has 35 heavy (non-hydrogen) atoms. The number of rotatable bonds is 8. The molecule has 188 valence electrons. The zero-order valence-electron chi connectivity index (χ0n) is 21.4. The van der Waals surface area contributed by atoms with E-state index in [9.17, 15) is 4.79 Å². The predicted molar refractivity (Wildman–Crippen MR) is 139 cm³/mol. The molecule has 3 aromatic rings. The average Bonchev–Trinajstić information content (AvgIpc) is 3.37. The minimum absolute atomic E-state index is 0.0179. The van der Waals surface area contributed by atoms with Crippen LogP contribution in [0.4, 0.5) is 0 Å². The lowest BCUT2D eigenvalue weighted by molar-refractivity contribution is 0.0789. The number of fused-ring (bicyclic) bond motifs is 1. The first kappa shape index (κ1) is 24.2. The standard InChI is InChI=1S/C28H40N6O/c1-3-10-26(27-30-31-32-34(27)24-13-8-5-9-14-24)33(23-11-6-4-7-12-23)19-22-18-21-17-20(2)15-16-25(21)29-28(22)35/h15-18,23-24,26H,3-14,19H2,1-2H3,(H,29,35)/t26-/m0/s1. The highest BCUT2D eigenvalue weighted by Gasteiger charge is 2.34. The number of benzene rings is 1. The van der Waals surface area contributed by atoms with E-state index in [-0.39, 0.29) is 11.6 Å². The molecule has 2 aliphatic carbocycles. The van der Waals surface area contributed by atoms with Crippen LogP contribution in [0.25, 0.3) is 10.9 Å². The lowest BCUT2D eigenvalue weighted by Gasteiger charge is -2.40. The molecule has 2 saturated carbocycles. The van der Waals surface area contributed by atoms with Crippen LogP contribution in [0.1, 0.15) is 113 Å². The summed E-state index contributed by atoms with van der Waals surface area (Å²) in [6.07, 6.45) is 14.3. The third-order valence-electron chi connectivity index (χ3n) is 8.17. The molecule has 1 N–H and O–H groups in total. The van der Waals surface area contributed by atoms with Crippen LogP contribution in [0.2, 0.25) is 0 Å². The molecule has 7 nitrogen and oxygen atoms in total. The van der Waals surface area contributed by atoms with Gasteiger partial charge in [-0.25, -0.2) is 4.68 Å². The van der Waals surface area contributed by atoms with Crippen molar-refractivity contribution < 1.29 is 0 Å². The Morgan fingerprint density at radius 3 is 2.54 bits per heavy atom. The van der Waals surface area contributed by atoms with Gasteiger partial charge < -0.3 is 4.98 Å². The quantitative estimate of drug-likeness (QED) is 0.431. The molecule has 0 radical (unpaired) electrons. The second-order valence-electron chi connectivity index (χ2n) is 10.8. The molecule has 7 heteroatoms. The first-order valence-corrected chi connectivity index (χ1v) is 13.8. The molecular weight excluding hydrogens is 436 g/mol. The zero-order chi connectivity index (χ0) is 24.2. The highest BCUT2D eigenvalue weighted by molar-refractivity contribution is 5.79. The van der Waals surface area contributed by atoms with Crippen LogP contribution in [0, 0.1) is 6.92 Å². The van der Waals surface area contributed by atoms with Gasteiger partial charge in [-0.3, -0.25) is 9.69 Å². The van der Waals surface area contributed by atoms with Gasteiger partial charge in [0.2, 0.25) is 0 Å². The molecule has 2 fully saturated rings. The van der Waals surface area contributed by atoms with Crippen LogP contribution in [-0.4, -0.2) is 36.1 Å². The molecule has 2 aliphatic rings. The number of H-pyrrole nitrogens is 1. The van der Waals surface area contributed by atoms with Gasteiger partial charge in [0, 0.05) is 23.7 Å². The Labute approximate surface area is 208 Å². The molecule has 1 atom stereocenters. The Morgan fingerprint density at radius 2 is 1.80 bits per heavy atom. The van der Waals surface area contributed by atoms with Gasteiger partial charge in [0.15, 0.2) is 5.82 Å². The Morgan fingerprint density at radius 1 is 1.06 bits per heavy atom. The lowest BCUT2D eigenvalue weighted by atomic mass is 9.91. The number of aryl methyl sites for hydroxylation is 1. The summed E-state index contributed by atoms with van der Waals surface area (Å²) in [5, 5.41) is 14.4. The average molecular weight is 477 g/mol. The fraction of sp³-hybridized carbons (Fsp3) is 0.643. The molecule has 0 spiro atoms. The van der Waals surface area contributed by atoms with Crippen molar-refractivity contribution >= 4 is 10.9 Å². The fourth-order valence-electron chi connectivity index (χ4n) is 6.31. The Bertz CT molecular complexity index is 1170. The van der Waals surface area contributed by atoms with Crippen molar-refractivity contribution in [3.05, 3.63) is 51.6 Å². The van der Waals surface area contributed by atoms with E-state index in [2.05, 4.69) is 62.1 Å². The van der Waals surface area contributed by atoms with Crippen LogP contribution in [-0.2, 0) is 6.54 Å². The topological polar surface area (TPSA) is 79.7 Å². The highest BCUT2D eigenvalue weighted by Crippen LogP contribution is 2.36. The summed E-state index contributed by atoms with van der Waals surface area (Å²) in [6.45, 7) is 4.97. The normalized spacial score (nSPS) is 18.9. The molecule has 5 rings (SSSR count). The lowest BCUT2D eigenvalue weighted by Crippen LogP contribution is -2.41. The summed E-state index contributed by atoms with van der Waals surface area (Å²) in [7, 11) is 0. The van der Waals surface area contributed by atoms with Gasteiger partial charge in [-0.05, 0) is 73.0 Å². The maximum absolute atomic E-state index is 13.2. The maximum Gasteiger partial charge on any atom is 0.252 e. The first-order chi connectivity index (χ1) is 17.1. The predicted octanol–water partition coefficient (Wildman–Crippen LogP) is 6.00. The summed E-state index contributed by atoms with van der Waals surface area (Å²) >= 11 is 0. The largest absolute Gasteiger partial charge is 0.322 e. The van der Waals surface area contributed by atoms with Crippen LogP contribution in [0.3, 0.4) is 0 Å². The monoisotopic (exact) mass is 476 g/mol. The van der Waals surface area contributed by atoms with E-state index in [1.165, 1.54) is 56.9 Å². The molecule has 0 aliphatic heterocycles. The van der Waals surface area contributed by atoms with Gasteiger partial charge in [-0.2, -0.15) is 0 Å². The molecule has 0 saturated heterocycles. The molecule has 0 bridgehead atoms. The Kier molecular flexibility index (Phi) is 7.61. The SMILES string of the molecule is CCC[C@@H](c1nnnn1C1CCCCC1)N(Cc1cc2cc(C)ccc2[nH]c1=O)C1CCCCC1. The number of nitrogens with zero attached hydrogens (tertiary/aromatic N) is 5. The first-order valence-electron chi connectivity index (χ1n) is 13.8. The smallest absolute Gasteiger partial charge is 0.252 e.